The predicted molar refractivity (Wildman–Crippen MR) is 74.9 cm³/mol. The summed E-state index contributed by atoms with van der Waals surface area (Å²) in [7, 11) is 1.64. The lowest BCUT2D eigenvalue weighted by Crippen LogP contribution is -2.38. The minimum Gasteiger partial charge on any atom is -0.480 e. The summed E-state index contributed by atoms with van der Waals surface area (Å²) in [6.45, 7) is 2.41. The first-order valence-electron chi connectivity index (χ1n) is 6.90. The molecule has 0 fully saturated rings. The van der Waals surface area contributed by atoms with Gasteiger partial charge in [0, 0.05) is 26.7 Å². The Hall–Kier alpha value is -1.59. The average molecular weight is 279 g/mol. The molecule has 0 aromatic heterocycles. The van der Waals surface area contributed by atoms with Gasteiger partial charge in [0.25, 0.3) is 5.91 Å². The molecule has 1 aromatic carbocycles. The van der Waals surface area contributed by atoms with Gasteiger partial charge in [0.15, 0.2) is 6.10 Å². The molecular weight excluding hydrogens is 258 g/mol. The van der Waals surface area contributed by atoms with Crippen LogP contribution in [0.15, 0.2) is 24.3 Å². The van der Waals surface area contributed by atoms with Gasteiger partial charge >= 0.3 is 0 Å². The molecule has 5 heteroatoms. The van der Waals surface area contributed by atoms with E-state index in [4.69, 9.17) is 14.2 Å². The van der Waals surface area contributed by atoms with Crippen molar-refractivity contribution in [2.45, 2.75) is 18.9 Å². The SMILES string of the molecule is COCCOCCCNC(=O)C1Cc2ccccc2O1. The van der Waals surface area contributed by atoms with Crippen molar-refractivity contribution in [2.24, 2.45) is 0 Å². The van der Waals surface area contributed by atoms with Gasteiger partial charge in [-0.05, 0) is 18.1 Å². The van der Waals surface area contributed by atoms with Crippen molar-refractivity contribution in [3.63, 3.8) is 0 Å². The molecule has 1 atom stereocenters. The molecule has 1 aliphatic heterocycles. The number of rotatable bonds is 8. The van der Waals surface area contributed by atoms with Gasteiger partial charge in [-0.1, -0.05) is 18.2 Å². The van der Waals surface area contributed by atoms with E-state index in [1.165, 1.54) is 0 Å². The molecule has 2 rings (SSSR count). The van der Waals surface area contributed by atoms with Gasteiger partial charge in [0.2, 0.25) is 0 Å². The maximum Gasteiger partial charge on any atom is 0.261 e. The van der Waals surface area contributed by atoms with Crippen LogP contribution in [0.2, 0.25) is 0 Å². The second kappa shape index (κ2) is 7.87. The van der Waals surface area contributed by atoms with Crippen LogP contribution in [-0.4, -0.2) is 45.5 Å². The van der Waals surface area contributed by atoms with Crippen molar-refractivity contribution in [3.8, 4) is 5.75 Å². The van der Waals surface area contributed by atoms with Crippen molar-refractivity contribution in [3.05, 3.63) is 29.8 Å². The predicted octanol–water partition coefficient (Wildman–Crippen LogP) is 1.16. The second-order valence-electron chi connectivity index (χ2n) is 4.67. The first-order chi connectivity index (χ1) is 9.81. The Morgan fingerprint density at radius 3 is 3.00 bits per heavy atom. The monoisotopic (exact) mass is 279 g/mol. The van der Waals surface area contributed by atoms with E-state index < -0.39 is 6.10 Å². The first kappa shape index (κ1) is 14.8. The quantitative estimate of drug-likeness (QED) is 0.726. The molecule has 0 spiro atoms. The number of fused-ring (bicyclic) bond motifs is 1. The Kier molecular flexibility index (Phi) is 5.83. The number of amides is 1. The molecule has 1 aromatic rings. The molecular formula is C15H21NO4. The number of ether oxygens (including phenoxy) is 3. The summed E-state index contributed by atoms with van der Waals surface area (Å²) in [6, 6.07) is 7.76. The van der Waals surface area contributed by atoms with Crippen LogP contribution in [0.4, 0.5) is 0 Å². The topological polar surface area (TPSA) is 56.8 Å². The van der Waals surface area contributed by atoms with E-state index in [2.05, 4.69) is 5.32 Å². The fraction of sp³-hybridized carbons (Fsp3) is 0.533. The third kappa shape index (κ3) is 4.21. The van der Waals surface area contributed by atoms with Gasteiger partial charge in [0.1, 0.15) is 5.75 Å². The molecule has 1 N–H and O–H groups in total. The average Bonchev–Trinajstić information content (AvgIpc) is 2.90. The lowest BCUT2D eigenvalue weighted by Gasteiger charge is -2.11. The summed E-state index contributed by atoms with van der Waals surface area (Å²) in [6.07, 6.45) is 1.03. The van der Waals surface area contributed by atoms with Crippen molar-refractivity contribution >= 4 is 5.91 Å². The van der Waals surface area contributed by atoms with Crippen molar-refractivity contribution in [1.29, 1.82) is 0 Å². The highest BCUT2D eigenvalue weighted by Gasteiger charge is 2.28. The molecule has 20 heavy (non-hydrogen) atoms. The number of benzene rings is 1. The van der Waals surface area contributed by atoms with Crippen LogP contribution in [0.25, 0.3) is 0 Å². The minimum absolute atomic E-state index is 0.0573. The number of hydrogen-bond acceptors (Lipinski definition) is 4. The number of para-hydroxylation sites is 1. The van der Waals surface area contributed by atoms with E-state index in [0.29, 0.717) is 32.8 Å². The molecule has 1 unspecified atom stereocenters. The fourth-order valence-corrected chi connectivity index (χ4v) is 2.07. The summed E-state index contributed by atoms with van der Waals surface area (Å²) in [4.78, 5) is 12.0. The Morgan fingerprint density at radius 1 is 1.35 bits per heavy atom. The number of hydrogen-bond donors (Lipinski definition) is 1. The smallest absolute Gasteiger partial charge is 0.261 e. The standard InChI is InChI=1S/C15H21NO4/c1-18-9-10-19-8-4-7-16-15(17)14-11-12-5-2-3-6-13(12)20-14/h2-3,5-6,14H,4,7-11H2,1H3,(H,16,17). The maximum atomic E-state index is 12.0. The summed E-state index contributed by atoms with van der Waals surface area (Å²) < 4.78 is 15.8. The molecule has 1 aliphatic rings. The molecule has 0 radical (unpaired) electrons. The van der Waals surface area contributed by atoms with Gasteiger partial charge in [-0.3, -0.25) is 4.79 Å². The van der Waals surface area contributed by atoms with E-state index in [1.807, 2.05) is 24.3 Å². The van der Waals surface area contributed by atoms with Gasteiger partial charge in [-0.15, -0.1) is 0 Å². The third-order valence-electron chi connectivity index (χ3n) is 3.14. The zero-order valence-electron chi connectivity index (χ0n) is 11.8. The van der Waals surface area contributed by atoms with Gasteiger partial charge < -0.3 is 19.5 Å². The lowest BCUT2D eigenvalue weighted by molar-refractivity contribution is -0.127. The van der Waals surface area contributed by atoms with Crippen LogP contribution in [0, 0.1) is 0 Å². The highest BCUT2D eigenvalue weighted by Crippen LogP contribution is 2.27. The number of nitrogens with one attached hydrogen (secondary N) is 1. The highest BCUT2D eigenvalue weighted by atomic mass is 16.5. The normalized spacial score (nSPS) is 16.6. The lowest BCUT2D eigenvalue weighted by atomic mass is 10.1. The number of carbonyl (C=O) groups is 1. The number of carbonyl (C=O) groups excluding carboxylic acids is 1. The summed E-state index contributed by atoms with van der Waals surface area (Å²) in [5, 5.41) is 2.88. The molecule has 110 valence electrons. The fourth-order valence-electron chi connectivity index (χ4n) is 2.07. The Morgan fingerprint density at radius 2 is 2.20 bits per heavy atom. The largest absolute Gasteiger partial charge is 0.480 e. The summed E-state index contributed by atoms with van der Waals surface area (Å²) >= 11 is 0. The molecule has 0 bridgehead atoms. The van der Waals surface area contributed by atoms with Crippen LogP contribution < -0.4 is 10.1 Å². The molecule has 0 saturated carbocycles. The molecule has 1 amide bonds. The Bertz CT molecular complexity index is 411. The van der Waals surface area contributed by atoms with E-state index in [0.717, 1.165) is 17.7 Å². The molecule has 0 aliphatic carbocycles. The van der Waals surface area contributed by atoms with Crippen LogP contribution in [0.3, 0.4) is 0 Å². The maximum absolute atomic E-state index is 12.0. The minimum atomic E-state index is -0.401. The summed E-state index contributed by atoms with van der Waals surface area (Å²) in [5.41, 5.74) is 1.09. The van der Waals surface area contributed by atoms with Crippen molar-refractivity contribution < 1.29 is 19.0 Å². The molecule has 1 heterocycles. The van der Waals surface area contributed by atoms with Gasteiger partial charge in [-0.25, -0.2) is 0 Å². The van der Waals surface area contributed by atoms with Crippen molar-refractivity contribution in [1.82, 2.24) is 5.32 Å². The van der Waals surface area contributed by atoms with Crippen LogP contribution in [0.1, 0.15) is 12.0 Å². The zero-order valence-corrected chi connectivity index (χ0v) is 11.8. The number of methoxy groups -OCH3 is 1. The van der Waals surface area contributed by atoms with Gasteiger partial charge in [0.05, 0.1) is 13.2 Å². The Labute approximate surface area is 119 Å². The van der Waals surface area contributed by atoms with E-state index in [9.17, 15) is 4.79 Å². The van der Waals surface area contributed by atoms with E-state index in [-0.39, 0.29) is 5.91 Å². The zero-order chi connectivity index (χ0) is 14.2. The van der Waals surface area contributed by atoms with E-state index in [1.54, 1.807) is 7.11 Å². The molecule has 0 saturated heterocycles. The third-order valence-corrected chi connectivity index (χ3v) is 3.14. The highest BCUT2D eigenvalue weighted by molar-refractivity contribution is 5.82. The van der Waals surface area contributed by atoms with Gasteiger partial charge in [-0.2, -0.15) is 0 Å². The van der Waals surface area contributed by atoms with Crippen LogP contribution in [0.5, 0.6) is 5.75 Å². The van der Waals surface area contributed by atoms with E-state index >= 15 is 0 Å². The first-order valence-corrected chi connectivity index (χ1v) is 6.90. The molecule has 5 nitrogen and oxygen atoms in total. The van der Waals surface area contributed by atoms with Crippen LogP contribution in [-0.2, 0) is 20.7 Å². The second-order valence-corrected chi connectivity index (χ2v) is 4.67. The van der Waals surface area contributed by atoms with Crippen LogP contribution >= 0.6 is 0 Å². The summed E-state index contributed by atoms with van der Waals surface area (Å²) in [5.74, 6) is 0.758. The Balaban J connectivity index is 1.60. The van der Waals surface area contributed by atoms with Crippen molar-refractivity contribution in [2.75, 3.05) is 33.5 Å².